The Bertz CT molecular complexity index is 924. The van der Waals surface area contributed by atoms with Crippen LogP contribution in [0.5, 0.6) is 11.5 Å². The fraction of sp³-hybridized carbons (Fsp3) is 0.350. The minimum atomic E-state index is -3.64. The number of hydrogen-bond acceptors (Lipinski definition) is 5. The molecule has 0 aliphatic rings. The van der Waals surface area contributed by atoms with Crippen molar-refractivity contribution >= 4 is 21.6 Å². The molecule has 1 N–H and O–H groups in total. The van der Waals surface area contributed by atoms with Crippen molar-refractivity contribution in [2.24, 2.45) is 0 Å². The number of carbonyl (C=O) groups excluding carboxylic acids is 1. The SMILES string of the molecule is CCOc1ccc(NC(=O)c2cccc(S(=O)(=O)N(CC)CC)c2)cc1OC. The van der Waals surface area contributed by atoms with Crippen molar-refractivity contribution < 1.29 is 22.7 Å². The Hall–Kier alpha value is -2.58. The summed E-state index contributed by atoms with van der Waals surface area (Å²) in [5.74, 6) is 0.663. The number of anilines is 1. The van der Waals surface area contributed by atoms with E-state index in [0.29, 0.717) is 36.9 Å². The first-order valence-corrected chi connectivity index (χ1v) is 10.5. The summed E-state index contributed by atoms with van der Waals surface area (Å²) in [5.41, 5.74) is 0.767. The molecule has 0 aromatic heterocycles. The molecule has 2 rings (SSSR count). The largest absolute Gasteiger partial charge is 0.493 e. The molecule has 152 valence electrons. The molecule has 1 amide bonds. The lowest BCUT2D eigenvalue weighted by atomic mass is 10.2. The quantitative estimate of drug-likeness (QED) is 0.690. The first-order valence-electron chi connectivity index (χ1n) is 9.09. The van der Waals surface area contributed by atoms with E-state index < -0.39 is 15.9 Å². The van der Waals surface area contributed by atoms with E-state index in [2.05, 4.69) is 5.32 Å². The lowest BCUT2D eigenvalue weighted by Crippen LogP contribution is -2.30. The molecule has 2 aromatic carbocycles. The van der Waals surface area contributed by atoms with Gasteiger partial charge in [-0.15, -0.1) is 0 Å². The molecule has 8 heteroatoms. The normalized spacial score (nSPS) is 11.3. The van der Waals surface area contributed by atoms with Crippen LogP contribution in [0.15, 0.2) is 47.4 Å². The van der Waals surface area contributed by atoms with Crippen LogP contribution in [0.1, 0.15) is 31.1 Å². The van der Waals surface area contributed by atoms with Crippen LogP contribution in [0.3, 0.4) is 0 Å². The van der Waals surface area contributed by atoms with Crippen molar-refractivity contribution in [3.8, 4) is 11.5 Å². The number of nitrogens with zero attached hydrogens (tertiary/aromatic N) is 1. The maximum absolute atomic E-state index is 12.7. The van der Waals surface area contributed by atoms with Gasteiger partial charge in [0.15, 0.2) is 11.5 Å². The van der Waals surface area contributed by atoms with Crippen LogP contribution in [0.4, 0.5) is 5.69 Å². The van der Waals surface area contributed by atoms with Gasteiger partial charge in [0.25, 0.3) is 5.91 Å². The fourth-order valence-electron chi connectivity index (χ4n) is 2.73. The molecular formula is C20H26N2O5S. The summed E-state index contributed by atoms with van der Waals surface area (Å²) in [6.45, 7) is 6.64. The van der Waals surface area contributed by atoms with Gasteiger partial charge >= 0.3 is 0 Å². The Morgan fingerprint density at radius 2 is 1.75 bits per heavy atom. The molecule has 0 radical (unpaired) electrons. The third kappa shape index (κ3) is 4.82. The lowest BCUT2D eigenvalue weighted by Gasteiger charge is -2.18. The van der Waals surface area contributed by atoms with Gasteiger partial charge in [0, 0.05) is 30.4 Å². The summed E-state index contributed by atoms with van der Waals surface area (Å²) >= 11 is 0. The first kappa shape index (κ1) is 21.7. The molecule has 0 aliphatic heterocycles. The Kier molecular flexibility index (Phi) is 7.42. The molecule has 28 heavy (non-hydrogen) atoms. The predicted molar refractivity (Wildman–Crippen MR) is 109 cm³/mol. The van der Waals surface area contributed by atoms with E-state index >= 15 is 0 Å². The van der Waals surface area contributed by atoms with Gasteiger partial charge in [-0.2, -0.15) is 4.31 Å². The highest BCUT2D eigenvalue weighted by atomic mass is 32.2. The second-order valence-corrected chi connectivity index (χ2v) is 7.81. The van der Waals surface area contributed by atoms with Crippen LogP contribution in [0.2, 0.25) is 0 Å². The van der Waals surface area contributed by atoms with Crippen LogP contribution in [0, 0.1) is 0 Å². The summed E-state index contributed by atoms with van der Waals surface area (Å²) in [7, 11) is -2.12. The molecule has 0 atom stereocenters. The smallest absolute Gasteiger partial charge is 0.255 e. The molecule has 0 unspecified atom stereocenters. The second-order valence-electron chi connectivity index (χ2n) is 5.87. The number of rotatable bonds is 9. The molecule has 7 nitrogen and oxygen atoms in total. The average Bonchev–Trinajstić information content (AvgIpc) is 2.70. The third-order valence-electron chi connectivity index (χ3n) is 4.16. The maximum atomic E-state index is 12.7. The van der Waals surface area contributed by atoms with Crippen molar-refractivity contribution in [3.05, 3.63) is 48.0 Å². The summed E-state index contributed by atoms with van der Waals surface area (Å²) in [4.78, 5) is 12.7. The molecule has 0 aliphatic carbocycles. The number of ether oxygens (including phenoxy) is 2. The molecule has 0 fully saturated rings. The van der Waals surface area contributed by atoms with E-state index in [9.17, 15) is 13.2 Å². The van der Waals surface area contributed by atoms with Gasteiger partial charge in [0.1, 0.15) is 0 Å². The minimum Gasteiger partial charge on any atom is -0.493 e. The van der Waals surface area contributed by atoms with E-state index in [1.807, 2.05) is 6.92 Å². The van der Waals surface area contributed by atoms with Crippen molar-refractivity contribution in [1.82, 2.24) is 4.31 Å². The van der Waals surface area contributed by atoms with E-state index in [1.54, 1.807) is 44.2 Å². The Balaban J connectivity index is 2.26. The number of methoxy groups -OCH3 is 1. The molecule has 0 saturated carbocycles. The molecule has 0 saturated heterocycles. The highest BCUT2D eigenvalue weighted by Crippen LogP contribution is 2.30. The van der Waals surface area contributed by atoms with Crippen LogP contribution >= 0.6 is 0 Å². The second kappa shape index (κ2) is 9.57. The van der Waals surface area contributed by atoms with Gasteiger partial charge in [0.2, 0.25) is 10.0 Å². The number of carbonyl (C=O) groups is 1. The van der Waals surface area contributed by atoms with Gasteiger partial charge in [0.05, 0.1) is 18.6 Å². The van der Waals surface area contributed by atoms with Gasteiger partial charge in [-0.25, -0.2) is 8.42 Å². The van der Waals surface area contributed by atoms with Crippen LogP contribution in [0.25, 0.3) is 0 Å². The number of amides is 1. The number of benzene rings is 2. The van der Waals surface area contributed by atoms with Gasteiger partial charge in [-0.1, -0.05) is 19.9 Å². The lowest BCUT2D eigenvalue weighted by molar-refractivity contribution is 0.102. The van der Waals surface area contributed by atoms with E-state index in [0.717, 1.165) is 0 Å². The number of sulfonamides is 1. The zero-order valence-corrected chi connectivity index (χ0v) is 17.4. The molecule has 2 aromatic rings. The fourth-order valence-corrected chi connectivity index (χ4v) is 4.24. The zero-order valence-electron chi connectivity index (χ0n) is 16.6. The van der Waals surface area contributed by atoms with E-state index in [4.69, 9.17) is 9.47 Å². The van der Waals surface area contributed by atoms with Crippen molar-refractivity contribution in [2.45, 2.75) is 25.7 Å². The van der Waals surface area contributed by atoms with Gasteiger partial charge in [-0.05, 0) is 37.3 Å². The summed E-state index contributed by atoms with van der Waals surface area (Å²) in [6.07, 6.45) is 0. The summed E-state index contributed by atoms with van der Waals surface area (Å²) in [6, 6.07) is 11.1. The maximum Gasteiger partial charge on any atom is 0.255 e. The van der Waals surface area contributed by atoms with Gasteiger partial charge in [-0.3, -0.25) is 4.79 Å². The third-order valence-corrected chi connectivity index (χ3v) is 6.21. The summed E-state index contributed by atoms with van der Waals surface area (Å²) in [5, 5.41) is 2.76. The number of nitrogens with one attached hydrogen (secondary N) is 1. The summed E-state index contributed by atoms with van der Waals surface area (Å²) < 4.78 is 37.4. The topological polar surface area (TPSA) is 84.9 Å². The van der Waals surface area contributed by atoms with Crippen molar-refractivity contribution in [1.29, 1.82) is 0 Å². The number of hydrogen-bond donors (Lipinski definition) is 1. The van der Waals surface area contributed by atoms with Crippen molar-refractivity contribution in [2.75, 3.05) is 32.1 Å². The minimum absolute atomic E-state index is 0.0909. The molecule has 0 spiro atoms. The van der Waals surface area contributed by atoms with E-state index in [-0.39, 0.29) is 10.5 Å². The Morgan fingerprint density at radius 3 is 2.36 bits per heavy atom. The highest BCUT2D eigenvalue weighted by Gasteiger charge is 2.22. The highest BCUT2D eigenvalue weighted by molar-refractivity contribution is 7.89. The molecular weight excluding hydrogens is 380 g/mol. The molecule has 0 heterocycles. The first-order chi connectivity index (χ1) is 13.4. The Morgan fingerprint density at radius 1 is 1.04 bits per heavy atom. The monoisotopic (exact) mass is 406 g/mol. The average molecular weight is 407 g/mol. The van der Waals surface area contributed by atoms with Crippen LogP contribution in [-0.4, -0.2) is 45.4 Å². The zero-order chi connectivity index (χ0) is 20.7. The predicted octanol–water partition coefficient (Wildman–Crippen LogP) is 3.38. The van der Waals surface area contributed by atoms with E-state index in [1.165, 1.54) is 23.5 Å². The standard InChI is InChI=1S/C20H26N2O5S/c1-5-22(6-2)28(24,25)17-10-8-9-15(13-17)20(23)21-16-11-12-18(27-7-3)19(14-16)26-4/h8-14H,5-7H2,1-4H3,(H,21,23). The Labute approximate surface area is 166 Å². The van der Waals surface area contributed by atoms with Gasteiger partial charge < -0.3 is 14.8 Å². The molecule has 0 bridgehead atoms. The van der Waals surface area contributed by atoms with Crippen LogP contribution < -0.4 is 14.8 Å². The van der Waals surface area contributed by atoms with Crippen LogP contribution in [-0.2, 0) is 10.0 Å². The van der Waals surface area contributed by atoms with Crippen molar-refractivity contribution in [3.63, 3.8) is 0 Å².